The third kappa shape index (κ3) is 5.32. The van der Waals surface area contributed by atoms with Crippen molar-refractivity contribution in [3.8, 4) is 11.5 Å². The molecule has 2 aromatic carbocycles. The van der Waals surface area contributed by atoms with Crippen molar-refractivity contribution in [2.24, 2.45) is 0 Å². The van der Waals surface area contributed by atoms with Crippen molar-refractivity contribution in [1.29, 1.82) is 0 Å². The molecule has 1 amide bonds. The summed E-state index contributed by atoms with van der Waals surface area (Å²) < 4.78 is 24.4. The first-order chi connectivity index (χ1) is 12.4. The predicted octanol–water partition coefficient (Wildman–Crippen LogP) is 3.25. The summed E-state index contributed by atoms with van der Waals surface area (Å²) in [5.41, 5.74) is 5.51. The monoisotopic (exact) mass is 377 g/mol. The quantitative estimate of drug-likeness (QED) is 0.549. The zero-order valence-corrected chi connectivity index (χ0v) is 15.4. The Labute approximate surface area is 156 Å². The van der Waals surface area contributed by atoms with E-state index in [1.165, 1.54) is 19.2 Å². The minimum atomic E-state index is -0.451. The lowest BCUT2D eigenvalue weighted by Gasteiger charge is -2.15. The fourth-order valence-corrected chi connectivity index (χ4v) is 2.22. The molecule has 2 rings (SSSR count). The van der Waals surface area contributed by atoms with E-state index >= 15 is 0 Å². The Balaban J connectivity index is 1.97. The molecule has 0 aliphatic heterocycles. The van der Waals surface area contributed by atoms with Crippen molar-refractivity contribution < 1.29 is 18.7 Å². The highest BCUT2D eigenvalue weighted by Gasteiger charge is 2.12. The van der Waals surface area contributed by atoms with Gasteiger partial charge >= 0.3 is 0 Å². The molecule has 0 saturated carbocycles. The normalized spacial score (nSPS) is 10.2. The highest BCUT2D eigenvalue weighted by Crippen LogP contribution is 2.28. The first-order valence-electron chi connectivity index (χ1n) is 7.87. The minimum absolute atomic E-state index is 0.0212. The summed E-state index contributed by atoms with van der Waals surface area (Å²) in [6.45, 7) is 3.79. The molecule has 3 N–H and O–H groups in total. The van der Waals surface area contributed by atoms with E-state index in [1.807, 2.05) is 13.8 Å². The maximum atomic E-state index is 13.6. The van der Waals surface area contributed by atoms with Gasteiger partial charge in [0.25, 0.3) is 5.91 Å². The number of para-hydroxylation sites is 1. The number of carbonyl (C=O) groups is 1. The third-order valence-corrected chi connectivity index (χ3v) is 3.40. The number of rotatable bonds is 5. The molecular formula is C18H20FN3O3S. The van der Waals surface area contributed by atoms with Crippen LogP contribution in [0.3, 0.4) is 0 Å². The van der Waals surface area contributed by atoms with Crippen LogP contribution in [0.5, 0.6) is 11.5 Å². The molecule has 0 unspecified atom stereocenters. The Kier molecular flexibility index (Phi) is 6.74. The number of hydrazine groups is 1. The fraction of sp³-hybridized carbons (Fsp3) is 0.222. The van der Waals surface area contributed by atoms with Crippen molar-refractivity contribution in [2.45, 2.75) is 20.0 Å². The van der Waals surface area contributed by atoms with Gasteiger partial charge in [0, 0.05) is 5.56 Å². The zero-order chi connectivity index (χ0) is 19.1. The molecule has 8 heteroatoms. The molecule has 26 heavy (non-hydrogen) atoms. The van der Waals surface area contributed by atoms with Crippen LogP contribution in [0.4, 0.5) is 10.1 Å². The van der Waals surface area contributed by atoms with Crippen molar-refractivity contribution in [3.05, 3.63) is 53.8 Å². The van der Waals surface area contributed by atoms with Crippen molar-refractivity contribution in [3.63, 3.8) is 0 Å². The zero-order valence-electron chi connectivity index (χ0n) is 14.6. The van der Waals surface area contributed by atoms with Gasteiger partial charge in [-0.25, -0.2) is 4.39 Å². The van der Waals surface area contributed by atoms with E-state index < -0.39 is 11.7 Å². The van der Waals surface area contributed by atoms with Crippen LogP contribution in [0.1, 0.15) is 24.2 Å². The molecule has 0 saturated heterocycles. The van der Waals surface area contributed by atoms with Gasteiger partial charge in [0.05, 0.1) is 18.9 Å². The van der Waals surface area contributed by atoms with Crippen LogP contribution in [-0.4, -0.2) is 24.2 Å². The number of methoxy groups -OCH3 is 1. The van der Waals surface area contributed by atoms with Crippen molar-refractivity contribution >= 4 is 28.9 Å². The van der Waals surface area contributed by atoms with E-state index in [2.05, 4.69) is 16.2 Å². The number of halogens is 1. The summed E-state index contributed by atoms with van der Waals surface area (Å²) in [5, 5.41) is 2.71. The first-order valence-corrected chi connectivity index (χ1v) is 8.28. The molecule has 0 spiro atoms. The number of hydrogen-bond acceptors (Lipinski definition) is 4. The van der Waals surface area contributed by atoms with Gasteiger partial charge in [0.15, 0.2) is 16.6 Å². The van der Waals surface area contributed by atoms with Gasteiger partial charge < -0.3 is 14.8 Å². The average Bonchev–Trinajstić information content (AvgIpc) is 2.61. The number of ether oxygens (including phenoxy) is 2. The van der Waals surface area contributed by atoms with E-state index in [1.54, 1.807) is 30.3 Å². The average molecular weight is 377 g/mol. The van der Waals surface area contributed by atoms with Gasteiger partial charge in [0.1, 0.15) is 5.82 Å². The molecule has 138 valence electrons. The summed E-state index contributed by atoms with van der Waals surface area (Å²) >= 11 is 5.03. The van der Waals surface area contributed by atoms with Gasteiger partial charge in [-0.3, -0.25) is 15.6 Å². The maximum Gasteiger partial charge on any atom is 0.269 e. The number of benzene rings is 2. The summed E-state index contributed by atoms with van der Waals surface area (Å²) in [6.07, 6.45) is -0.0212. The molecule has 6 nitrogen and oxygen atoms in total. The highest BCUT2D eigenvalue weighted by atomic mass is 32.1. The summed E-state index contributed by atoms with van der Waals surface area (Å²) in [5.74, 6) is 0.104. The van der Waals surface area contributed by atoms with Crippen LogP contribution < -0.4 is 25.6 Å². The van der Waals surface area contributed by atoms with Crippen LogP contribution in [0.2, 0.25) is 0 Å². The van der Waals surface area contributed by atoms with Gasteiger partial charge in [-0.05, 0) is 56.4 Å². The van der Waals surface area contributed by atoms with Gasteiger partial charge in [-0.2, -0.15) is 0 Å². The number of carbonyl (C=O) groups excluding carboxylic acids is 1. The van der Waals surface area contributed by atoms with E-state index in [9.17, 15) is 9.18 Å². The molecule has 0 heterocycles. The highest BCUT2D eigenvalue weighted by molar-refractivity contribution is 7.80. The van der Waals surface area contributed by atoms with Crippen molar-refractivity contribution in [2.75, 3.05) is 12.4 Å². The smallest absolute Gasteiger partial charge is 0.269 e. The lowest BCUT2D eigenvalue weighted by atomic mass is 10.2. The Morgan fingerprint density at radius 2 is 1.85 bits per heavy atom. The second-order valence-electron chi connectivity index (χ2n) is 5.55. The minimum Gasteiger partial charge on any atom is -0.493 e. The number of nitrogens with one attached hydrogen (secondary N) is 3. The van der Waals surface area contributed by atoms with E-state index in [0.717, 1.165) is 0 Å². The second kappa shape index (κ2) is 9.00. The predicted molar refractivity (Wildman–Crippen MR) is 102 cm³/mol. The summed E-state index contributed by atoms with van der Waals surface area (Å²) in [4.78, 5) is 12.2. The molecule has 0 aliphatic carbocycles. The summed E-state index contributed by atoms with van der Waals surface area (Å²) in [6, 6.07) is 10.9. The Morgan fingerprint density at radius 1 is 1.12 bits per heavy atom. The molecular weight excluding hydrogens is 357 g/mol. The molecule has 0 fully saturated rings. The molecule has 2 aromatic rings. The van der Waals surface area contributed by atoms with Gasteiger partial charge in [0.2, 0.25) is 0 Å². The topological polar surface area (TPSA) is 71.6 Å². The Bertz CT molecular complexity index is 799. The molecule has 0 bridgehead atoms. The van der Waals surface area contributed by atoms with E-state index in [0.29, 0.717) is 17.1 Å². The molecule has 0 atom stereocenters. The van der Waals surface area contributed by atoms with Crippen LogP contribution in [0, 0.1) is 5.82 Å². The van der Waals surface area contributed by atoms with Crippen LogP contribution in [-0.2, 0) is 0 Å². The lowest BCUT2D eigenvalue weighted by Crippen LogP contribution is -2.43. The third-order valence-electron chi connectivity index (χ3n) is 3.20. The van der Waals surface area contributed by atoms with E-state index in [4.69, 9.17) is 21.7 Å². The largest absolute Gasteiger partial charge is 0.493 e. The van der Waals surface area contributed by atoms with Crippen LogP contribution in [0.25, 0.3) is 0 Å². The molecule has 0 aromatic heterocycles. The maximum absolute atomic E-state index is 13.6. The Morgan fingerprint density at radius 3 is 2.50 bits per heavy atom. The standard InChI is InChI=1S/C18H20FN3O3S/c1-11(2)25-15-9-8-12(10-16(15)24-3)17(23)21-22-18(26)20-14-7-5-4-6-13(14)19/h4-11H,1-3H3,(H,21,23)(H2,20,22,26). The van der Waals surface area contributed by atoms with Gasteiger partial charge in [-0.15, -0.1) is 0 Å². The second-order valence-corrected chi connectivity index (χ2v) is 5.95. The Hall–Kier alpha value is -2.87. The molecule has 0 radical (unpaired) electrons. The van der Waals surface area contributed by atoms with E-state index in [-0.39, 0.29) is 16.9 Å². The van der Waals surface area contributed by atoms with Crippen LogP contribution >= 0.6 is 12.2 Å². The lowest BCUT2D eigenvalue weighted by molar-refractivity contribution is 0.0943. The first kappa shape index (κ1) is 19.5. The number of anilines is 1. The number of hydrogen-bond donors (Lipinski definition) is 3. The summed E-state index contributed by atoms with van der Waals surface area (Å²) in [7, 11) is 1.50. The molecule has 0 aliphatic rings. The van der Waals surface area contributed by atoms with Gasteiger partial charge in [-0.1, -0.05) is 12.1 Å². The number of amides is 1. The van der Waals surface area contributed by atoms with Crippen LogP contribution in [0.15, 0.2) is 42.5 Å². The van der Waals surface area contributed by atoms with Crippen molar-refractivity contribution in [1.82, 2.24) is 10.9 Å². The number of thiocarbonyl (C=S) groups is 1. The SMILES string of the molecule is COc1cc(C(=O)NNC(=S)Nc2ccccc2F)ccc1OC(C)C. The fourth-order valence-electron chi connectivity index (χ4n) is 2.06.